The van der Waals surface area contributed by atoms with Gasteiger partial charge in [0.1, 0.15) is 5.75 Å². The first-order chi connectivity index (χ1) is 16.9. The number of ether oxygens (including phenoxy) is 1. The van der Waals surface area contributed by atoms with Crippen molar-refractivity contribution in [1.29, 1.82) is 0 Å². The van der Waals surface area contributed by atoms with Gasteiger partial charge in [-0.25, -0.2) is 0 Å². The van der Waals surface area contributed by atoms with Crippen molar-refractivity contribution >= 4 is 11.8 Å². The summed E-state index contributed by atoms with van der Waals surface area (Å²) >= 11 is 0. The number of aryl methyl sites for hydroxylation is 2. The van der Waals surface area contributed by atoms with Gasteiger partial charge in [0.15, 0.2) is 6.10 Å². The number of amides is 2. The number of nitrogens with one attached hydrogen (secondary N) is 1. The highest BCUT2D eigenvalue weighted by Crippen LogP contribution is 2.37. The molecule has 182 valence electrons. The van der Waals surface area contributed by atoms with Crippen LogP contribution >= 0.6 is 0 Å². The van der Waals surface area contributed by atoms with Gasteiger partial charge in [0.25, 0.3) is 5.91 Å². The van der Waals surface area contributed by atoms with E-state index < -0.39 is 6.10 Å². The van der Waals surface area contributed by atoms with Gasteiger partial charge in [0.2, 0.25) is 5.91 Å². The molecule has 1 N–H and O–H groups in total. The van der Waals surface area contributed by atoms with Crippen LogP contribution in [-0.4, -0.2) is 29.4 Å². The Balaban J connectivity index is 1.54. The molecule has 0 radical (unpaired) electrons. The van der Waals surface area contributed by atoms with Crippen LogP contribution in [0.2, 0.25) is 0 Å². The molecule has 1 aliphatic heterocycles. The van der Waals surface area contributed by atoms with Crippen LogP contribution in [0.25, 0.3) is 0 Å². The average molecular weight is 471 g/mol. The fourth-order valence-electron chi connectivity index (χ4n) is 4.66. The maximum atomic E-state index is 12.8. The molecule has 5 heteroatoms. The zero-order valence-electron chi connectivity index (χ0n) is 21.0. The second-order valence-electron chi connectivity index (χ2n) is 9.33. The minimum absolute atomic E-state index is 0.136. The van der Waals surface area contributed by atoms with Gasteiger partial charge in [-0.05, 0) is 61.6 Å². The fourth-order valence-corrected chi connectivity index (χ4v) is 4.66. The molecule has 0 aromatic heterocycles. The van der Waals surface area contributed by atoms with Crippen LogP contribution in [0.4, 0.5) is 0 Å². The normalized spacial score (nSPS) is 15.8. The maximum Gasteiger partial charge on any atom is 0.261 e. The summed E-state index contributed by atoms with van der Waals surface area (Å²) in [5, 5.41) is 2.96. The molecule has 0 fully saturated rings. The number of carbonyl (C=O) groups is 2. The topological polar surface area (TPSA) is 58.6 Å². The Kier molecular flexibility index (Phi) is 7.54. The van der Waals surface area contributed by atoms with E-state index in [-0.39, 0.29) is 17.9 Å². The monoisotopic (exact) mass is 470 g/mol. The maximum absolute atomic E-state index is 12.8. The van der Waals surface area contributed by atoms with Crippen molar-refractivity contribution < 1.29 is 14.3 Å². The SMILES string of the molecule is CCC(=O)N1CCc2ccc(O[C@H](C)C(=O)NCc3cccc(C)c3)cc2[C@H]1c1ccc(C)cc1. The number of nitrogens with zero attached hydrogens (tertiary/aromatic N) is 1. The molecule has 35 heavy (non-hydrogen) atoms. The average Bonchev–Trinajstić information content (AvgIpc) is 2.86. The number of fused-ring (bicyclic) bond motifs is 1. The van der Waals surface area contributed by atoms with Crippen molar-refractivity contribution in [3.8, 4) is 5.75 Å². The van der Waals surface area contributed by atoms with Crippen LogP contribution in [0, 0.1) is 13.8 Å². The molecular weight excluding hydrogens is 436 g/mol. The van der Waals surface area contributed by atoms with Crippen molar-refractivity contribution in [3.63, 3.8) is 0 Å². The fraction of sp³-hybridized carbons (Fsp3) is 0.333. The lowest BCUT2D eigenvalue weighted by atomic mass is 9.87. The molecule has 0 unspecified atom stereocenters. The van der Waals surface area contributed by atoms with E-state index >= 15 is 0 Å². The lowest BCUT2D eigenvalue weighted by Gasteiger charge is -2.38. The van der Waals surface area contributed by atoms with E-state index in [4.69, 9.17) is 4.74 Å². The van der Waals surface area contributed by atoms with Crippen LogP contribution < -0.4 is 10.1 Å². The predicted octanol–water partition coefficient (Wildman–Crippen LogP) is 5.27. The van der Waals surface area contributed by atoms with E-state index in [1.807, 2.05) is 49.1 Å². The molecule has 2 amide bonds. The number of carbonyl (C=O) groups excluding carboxylic acids is 2. The van der Waals surface area contributed by atoms with Crippen molar-refractivity contribution in [2.45, 2.75) is 59.2 Å². The predicted molar refractivity (Wildman–Crippen MR) is 138 cm³/mol. The van der Waals surface area contributed by atoms with Gasteiger partial charge in [-0.3, -0.25) is 9.59 Å². The Morgan fingerprint density at radius 3 is 2.51 bits per heavy atom. The Bertz CT molecular complexity index is 1200. The van der Waals surface area contributed by atoms with E-state index in [2.05, 4.69) is 48.6 Å². The van der Waals surface area contributed by atoms with E-state index in [0.29, 0.717) is 25.3 Å². The lowest BCUT2D eigenvalue weighted by molar-refractivity contribution is -0.133. The molecule has 0 bridgehead atoms. The molecule has 1 heterocycles. The third-order valence-electron chi connectivity index (χ3n) is 6.59. The Labute approximate surface area is 208 Å². The Hall–Kier alpha value is -3.60. The number of benzene rings is 3. The first kappa shape index (κ1) is 24.5. The summed E-state index contributed by atoms with van der Waals surface area (Å²) in [6.45, 7) is 8.91. The van der Waals surface area contributed by atoms with Gasteiger partial charge >= 0.3 is 0 Å². The third kappa shape index (κ3) is 5.73. The van der Waals surface area contributed by atoms with Crippen molar-refractivity contribution in [2.75, 3.05) is 6.54 Å². The third-order valence-corrected chi connectivity index (χ3v) is 6.59. The van der Waals surface area contributed by atoms with E-state index in [1.165, 1.54) is 11.1 Å². The highest BCUT2D eigenvalue weighted by atomic mass is 16.5. The summed E-state index contributed by atoms with van der Waals surface area (Å²) in [4.78, 5) is 27.5. The smallest absolute Gasteiger partial charge is 0.261 e. The summed E-state index contributed by atoms with van der Waals surface area (Å²) in [7, 11) is 0. The Morgan fingerprint density at radius 2 is 1.80 bits per heavy atom. The first-order valence-electron chi connectivity index (χ1n) is 12.3. The molecule has 3 aromatic carbocycles. The van der Waals surface area contributed by atoms with Crippen LogP contribution in [0.15, 0.2) is 66.7 Å². The number of hydrogen-bond donors (Lipinski definition) is 1. The van der Waals surface area contributed by atoms with Gasteiger partial charge < -0.3 is 15.0 Å². The molecule has 3 aromatic rings. The van der Waals surface area contributed by atoms with Crippen LogP contribution in [-0.2, 0) is 22.6 Å². The minimum Gasteiger partial charge on any atom is -0.481 e. The van der Waals surface area contributed by atoms with E-state index in [1.54, 1.807) is 6.92 Å². The lowest BCUT2D eigenvalue weighted by Crippen LogP contribution is -2.40. The summed E-state index contributed by atoms with van der Waals surface area (Å²) in [6, 6.07) is 22.3. The van der Waals surface area contributed by atoms with Gasteiger partial charge in [0, 0.05) is 19.5 Å². The molecule has 2 atom stereocenters. The molecule has 0 spiro atoms. The quantitative estimate of drug-likeness (QED) is 0.512. The van der Waals surface area contributed by atoms with Crippen LogP contribution in [0.3, 0.4) is 0 Å². The molecule has 1 aliphatic rings. The molecular formula is C30H34N2O3. The largest absolute Gasteiger partial charge is 0.481 e. The minimum atomic E-state index is -0.646. The van der Waals surface area contributed by atoms with Gasteiger partial charge in [-0.2, -0.15) is 0 Å². The molecule has 5 nitrogen and oxygen atoms in total. The van der Waals surface area contributed by atoms with Crippen LogP contribution in [0.1, 0.15) is 59.7 Å². The zero-order chi connectivity index (χ0) is 24.9. The number of rotatable bonds is 7. The highest BCUT2D eigenvalue weighted by molar-refractivity contribution is 5.80. The van der Waals surface area contributed by atoms with Gasteiger partial charge in [0.05, 0.1) is 6.04 Å². The zero-order valence-corrected chi connectivity index (χ0v) is 21.0. The van der Waals surface area contributed by atoms with Crippen molar-refractivity contribution in [2.24, 2.45) is 0 Å². The second kappa shape index (κ2) is 10.8. The second-order valence-corrected chi connectivity index (χ2v) is 9.33. The van der Waals surface area contributed by atoms with Gasteiger partial charge in [-0.1, -0.05) is 72.6 Å². The van der Waals surface area contributed by atoms with Crippen molar-refractivity contribution in [3.05, 3.63) is 100 Å². The summed E-state index contributed by atoms with van der Waals surface area (Å²) in [5.74, 6) is 0.600. The van der Waals surface area contributed by atoms with Crippen LogP contribution in [0.5, 0.6) is 5.75 Å². The summed E-state index contributed by atoms with van der Waals surface area (Å²) in [5.41, 5.74) is 6.75. The molecule has 0 saturated carbocycles. The molecule has 0 saturated heterocycles. The molecule has 4 rings (SSSR count). The van der Waals surface area contributed by atoms with E-state index in [9.17, 15) is 9.59 Å². The van der Waals surface area contributed by atoms with Crippen molar-refractivity contribution in [1.82, 2.24) is 10.2 Å². The van der Waals surface area contributed by atoms with Gasteiger partial charge in [-0.15, -0.1) is 0 Å². The highest BCUT2D eigenvalue weighted by Gasteiger charge is 2.32. The first-order valence-corrected chi connectivity index (χ1v) is 12.3. The van der Waals surface area contributed by atoms with E-state index in [0.717, 1.165) is 28.7 Å². The summed E-state index contributed by atoms with van der Waals surface area (Å²) in [6.07, 6.45) is 0.620. The summed E-state index contributed by atoms with van der Waals surface area (Å²) < 4.78 is 6.06. The standard InChI is InChI=1S/C30H34N2O3/c1-5-28(33)32-16-15-24-13-14-26(18-27(24)29(32)25-11-9-20(2)10-12-25)35-22(4)30(34)31-19-23-8-6-7-21(3)17-23/h6-14,17-18,22,29H,5,15-16,19H2,1-4H3,(H,31,34)/t22-,29-/m1/s1. The Morgan fingerprint density at radius 1 is 1.03 bits per heavy atom. The number of hydrogen-bond acceptors (Lipinski definition) is 3. The molecule has 0 aliphatic carbocycles.